The van der Waals surface area contributed by atoms with Gasteiger partial charge in [-0.25, -0.2) is 8.42 Å². The van der Waals surface area contributed by atoms with E-state index in [9.17, 15) is 8.42 Å². The van der Waals surface area contributed by atoms with E-state index < -0.39 is 10.0 Å². The summed E-state index contributed by atoms with van der Waals surface area (Å²) in [6.07, 6.45) is 1.42. The third-order valence-electron chi connectivity index (χ3n) is 4.32. The minimum absolute atomic E-state index is 0.146. The molecule has 9 heteroatoms. The van der Waals surface area contributed by atoms with Gasteiger partial charge in [0.05, 0.1) is 23.3 Å². The number of piperazine rings is 1. The van der Waals surface area contributed by atoms with Gasteiger partial charge in [-0.3, -0.25) is 4.90 Å². The number of rotatable bonds is 4. The maximum atomic E-state index is 11.6. The van der Waals surface area contributed by atoms with E-state index >= 15 is 0 Å². The molecule has 2 aliphatic rings. The normalized spacial score (nSPS) is 25.0. The number of anilines is 1. The Labute approximate surface area is 146 Å². The van der Waals surface area contributed by atoms with E-state index in [0.717, 1.165) is 42.7 Å². The fraction of sp³-hybridized carbons (Fsp3) is 0.714. The minimum atomic E-state index is -3.07. The molecule has 0 amide bonds. The molecular weight excluding hydrogens is 358 g/mol. The first-order valence-corrected chi connectivity index (χ1v) is 10.8. The zero-order valence-corrected chi connectivity index (χ0v) is 15.5. The lowest BCUT2D eigenvalue weighted by atomic mass is 10.2. The van der Waals surface area contributed by atoms with Gasteiger partial charge in [-0.05, 0) is 6.07 Å². The Hall–Kier alpha value is -0.380. The molecule has 130 valence electrons. The van der Waals surface area contributed by atoms with Crippen LogP contribution in [0.25, 0.3) is 0 Å². The van der Waals surface area contributed by atoms with Gasteiger partial charge in [0, 0.05) is 56.9 Å². The van der Waals surface area contributed by atoms with Gasteiger partial charge in [0.15, 0.2) is 0 Å². The highest BCUT2D eigenvalue weighted by atomic mass is 35.5. The van der Waals surface area contributed by atoms with Crippen LogP contribution in [0.5, 0.6) is 0 Å². The molecule has 1 aromatic rings. The van der Waals surface area contributed by atoms with Crippen molar-refractivity contribution in [3.05, 3.63) is 15.8 Å². The quantitative estimate of drug-likeness (QED) is 0.786. The van der Waals surface area contributed by atoms with Crippen LogP contribution in [0.3, 0.4) is 0 Å². The van der Waals surface area contributed by atoms with E-state index in [0.29, 0.717) is 19.7 Å². The molecule has 23 heavy (non-hydrogen) atoms. The van der Waals surface area contributed by atoms with Crippen LogP contribution in [0.15, 0.2) is 11.4 Å². The van der Waals surface area contributed by atoms with Gasteiger partial charge < -0.3 is 9.64 Å². The third-order valence-corrected chi connectivity index (χ3v) is 6.70. The van der Waals surface area contributed by atoms with Crippen molar-refractivity contribution in [2.75, 3.05) is 63.6 Å². The molecule has 2 aliphatic heterocycles. The van der Waals surface area contributed by atoms with Gasteiger partial charge in [0.1, 0.15) is 0 Å². The molecule has 3 heterocycles. The summed E-state index contributed by atoms with van der Waals surface area (Å²) in [5.41, 5.74) is 1.16. The average molecular weight is 380 g/mol. The number of nitrogens with zero attached hydrogens (tertiary/aromatic N) is 3. The van der Waals surface area contributed by atoms with Gasteiger partial charge in [-0.15, -0.1) is 11.3 Å². The lowest BCUT2D eigenvalue weighted by Crippen LogP contribution is -2.53. The maximum Gasteiger partial charge on any atom is 0.211 e. The smallest absolute Gasteiger partial charge is 0.211 e. The van der Waals surface area contributed by atoms with Crippen molar-refractivity contribution < 1.29 is 13.2 Å². The highest BCUT2D eigenvalue weighted by Gasteiger charge is 2.27. The molecule has 2 fully saturated rings. The van der Waals surface area contributed by atoms with Crippen LogP contribution >= 0.6 is 22.9 Å². The topological polar surface area (TPSA) is 53.1 Å². The van der Waals surface area contributed by atoms with Crippen molar-refractivity contribution in [2.24, 2.45) is 0 Å². The zero-order valence-electron chi connectivity index (χ0n) is 13.1. The summed E-state index contributed by atoms with van der Waals surface area (Å²) >= 11 is 7.57. The standard InChI is InChI=1S/C14H22ClN3O3S2/c1-23(19,20)18-4-2-16(3-5-18)9-13-10-17(6-7-21-13)12-8-14(15)22-11-12/h8,11,13H,2-7,9-10H2,1H3. The van der Waals surface area contributed by atoms with Crippen LogP contribution in [0, 0.1) is 0 Å². The molecule has 0 aromatic carbocycles. The molecule has 6 nitrogen and oxygen atoms in total. The first-order valence-electron chi connectivity index (χ1n) is 7.70. The number of morpholine rings is 1. The lowest BCUT2D eigenvalue weighted by Gasteiger charge is -2.39. The first-order chi connectivity index (χ1) is 10.9. The SMILES string of the molecule is CS(=O)(=O)N1CCN(CC2CN(c3csc(Cl)c3)CCO2)CC1. The van der Waals surface area contributed by atoms with E-state index in [1.54, 1.807) is 15.6 Å². The Morgan fingerprint density at radius 1 is 1.30 bits per heavy atom. The van der Waals surface area contributed by atoms with Crippen molar-refractivity contribution in [1.29, 1.82) is 0 Å². The van der Waals surface area contributed by atoms with Crippen LogP contribution in [-0.2, 0) is 14.8 Å². The fourth-order valence-electron chi connectivity index (χ4n) is 3.06. The molecule has 0 N–H and O–H groups in total. The Kier molecular flexibility index (Phi) is 5.49. The first kappa shape index (κ1) is 17.4. The summed E-state index contributed by atoms with van der Waals surface area (Å²) in [5, 5.41) is 2.08. The van der Waals surface area contributed by atoms with Gasteiger partial charge in [0.25, 0.3) is 0 Å². The van der Waals surface area contributed by atoms with Crippen LogP contribution in [0.4, 0.5) is 5.69 Å². The van der Waals surface area contributed by atoms with Gasteiger partial charge in [0.2, 0.25) is 10.0 Å². The second-order valence-electron chi connectivity index (χ2n) is 6.01. The molecule has 1 aromatic heterocycles. The van der Waals surface area contributed by atoms with E-state index in [4.69, 9.17) is 16.3 Å². The van der Waals surface area contributed by atoms with Gasteiger partial charge >= 0.3 is 0 Å². The van der Waals surface area contributed by atoms with Crippen molar-refractivity contribution in [3.63, 3.8) is 0 Å². The zero-order chi connectivity index (χ0) is 16.4. The number of hydrogen-bond acceptors (Lipinski definition) is 6. The summed E-state index contributed by atoms with van der Waals surface area (Å²) in [5.74, 6) is 0. The molecule has 0 bridgehead atoms. The molecule has 0 spiro atoms. The molecule has 1 unspecified atom stereocenters. The van der Waals surface area contributed by atoms with Crippen LogP contribution < -0.4 is 4.90 Å². The summed E-state index contributed by atoms with van der Waals surface area (Å²) in [6, 6.07) is 2.00. The van der Waals surface area contributed by atoms with E-state index in [-0.39, 0.29) is 6.10 Å². The van der Waals surface area contributed by atoms with Gasteiger partial charge in [-0.2, -0.15) is 4.31 Å². The summed E-state index contributed by atoms with van der Waals surface area (Å²) in [6.45, 7) is 5.93. The molecule has 1 atom stereocenters. The van der Waals surface area contributed by atoms with Crippen LogP contribution in [0.2, 0.25) is 4.34 Å². The van der Waals surface area contributed by atoms with Crippen LogP contribution in [0.1, 0.15) is 0 Å². The van der Waals surface area contributed by atoms with Crippen LogP contribution in [-0.4, -0.2) is 82.4 Å². The van der Waals surface area contributed by atoms with E-state index in [1.165, 1.54) is 6.26 Å². The maximum absolute atomic E-state index is 11.6. The molecular formula is C14H22ClN3O3S2. The minimum Gasteiger partial charge on any atom is -0.373 e. The van der Waals surface area contributed by atoms with Crippen molar-refractivity contribution in [1.82, 2.24) is 9.21 Å². The fourth-order valence-corrected chi connectivity index (χ4v) is 4.77. The Balaban J connectivity index is 1.51. The monoisotopic (exact) mass is 379 g/mol. The number of thiophene rings is 1. The summed E-state index contributed by atoms with van der Waals surface area (Å²) in [7, 11) is -3.07. The molecule has 3 rings (SSSR count). The lowest BCUT2D eigenvalue weighted by molar-refractivity contribution is 0.00994. The number of ether oxygens (including phenoxy) is 1. The highest BCUT2D eigenvalue weighted by Crippen LogP contribution is 2.28. The Morgan fingerprint density at radius 3 is 2.65 bits per heavy atom. The molecule has 0 aliphatic carbocycles. The number of halogens is 1. The molecule has 0 radical (unpaired) electrons. The van der Waals surface area contributed by atoms with Crippen molar-refractivity contribution >= 4 is 38.6 Å². The average Bonchev–Trinajstić information content (AvgIpc) is 2.94. The Morgan fingerprint density at radius 2 is 2.04 bits per heavy atom. The second-order valence-corrected chi connectivity index (χ2v) is 9.54. The Bertz CT molecular complexity index is 629. The molecule has 0 saturated carbocycles. The summed E-state index contributed by atoms with van der Waals surface area (Å²) in [4.78, 5) is 4.60. The number of hydrogen-bond donors (Lipinski definition) is 0. The summed E-state index contributed by atoms with van der Waals surface area (Å²) < 4.78 is 31.3. The third kappa shape index (κ3) is 4.58. The molecule has 2 saturated heterocycles. The van der Waals surface area contributed by atoms with Crippen molar-refractivity contribution in [3.8, 4) is 0 Å². The predicted molar refractivity (Wildman–Crippen MR) is 94.1 cm³/mol. The van der Waals surface area contributed by atoms with E-state index in [2.05, 4.69) is 15.2 Å². The largest absolute Gasteiger partial charge is 0.373 e. The van der Waals surface area contributed by atoms with Crippen molar-refractivity contribution in [2.45, 2.75) is 6.10 Å². The number of sulfonamides is 1. The van der Waals surface area contributed by atoms with E-state index in [1.807, 2.05) is 6.07 Å². The van der Waals surface area contributed by atoms with Gasteiger partial charge in [-0.1, -0.05) is 11.6 Å². The predicted octanol–water partition coefficient (Wildman–Crippen LogP) is 1.18. The second kappa shape index (κ2) is 7.25. The highest BCUT2D eigenvalue weighted by molar-refractivity contribution is 7.88.